The van der Waals surface area contributed by atoms with E-state index < -0.39 is 16.9 Å². The lowest BCUT2D eigenvalue weighted by molar-refractivity contribution is 0.256. The van der Waals surface area contributed by atoms with Gasteiger partial charge in [0.1, 0.15) is 23.9 Å². The Hall–Kier alpha value is -1.04. The van der Waals surface area contributed by atoms with Crippen LogP contribution in [0.15, 0.2) is 28.9 Å². The molecule has 0 saturated carbocycles. The SMILES string of the molecule is CC(CF)(c1cc(OCc2ccco2)nnc1Cl)C(Cl)Cl. The molecule has 8 heteroatoms. The summed E-state index contributed by atoms with van der Waals surface area (Å²) in [6.45, 7) is 0.921. The van der Waals surface area contributed by atoms with E-state index in [0.717, 1.165) is 0 Å². The molecule has 0 saturated heterocycles. The molecule has 2 aromatic heterocycles. The van der Waals surface area contributed by atoms with Crippen LogP contribution in [0, 0.1) is 0 Å². The van der Waals surface area contributed by atoms with Crippen molar-refractivity contribution in [1.29, 1.82) is 0 Å². The lowest BCUT2D eigenvalue weighted by Gasteiger charge is -2.28. The zero-order valence-corrected chi connectivity index (χ0v) is 13.3. The molecule has 0 amide bonds. The molecule has 2 rings (SSSR count). The molecule has 0 aromatic carbocycles. The van der Waals surface area contributed by atoms with Crippen molar-refractivity contribution in [3.8, 4) is 5.88 Å². The summed E-state index contributed by atoms with van der Waals surface area (Å²) in [7, 11) is 0. The van der Waals surface area contributed by atoms with Crippen LogP contribution in [0.5, 0.6) is 5.88 Å². The van der Waals surface area contributed by atoms with Crippen LogP contribution < -0.4 is 4.74 Å². The van der Waals surface area contributed by atoms with E-state index >= 15 is 0 Å². The fourth-order valence-corrected chi connectivity index (χ4v) is 2.28. The number of hydrogen-bond acceptors (Lipinski definition) is 4. The second-order valence-corrected chi connectivity index (χ2v) is 6.06. The smallest absolute Gasteiger partial charge is 0.234 e. The third-order valence-corrected chi connectivity index (χ3v) is 4.29. The summed E-state index contributed by atoms with van der Waals surface area (Å²) < 4.78 is 23.9. The first-order valence-electron chi connectivity index (χ1n) is 6.00. The summed E-state index contributed by atoms with van der Waals surface area (Å²) in [6, 6.07) is 4.97. The fourth-order valence-electron chi connectivity index (χ4n) is 1.62. The molecule has 1 unspecified atom stereocenters. The van der Waals surface area contributed by atoms with E-state index in [1.54, 1.807) is 19.1 Å². The van der Waals surface area contributed by atoms with Gasteiger partial charge in [-0.25, -0.2) is 0 Å². The number of ether oxygens (including phenoxy) is 1. The van der Waals surface area contributed by atoms with Crippen molar-refractivity contribution < 1.29 is 13.5 Å². The molecule has 4 nitrogen and oxygen atoms in total. The first-order chi connectivity index (χ1) is 9.97. The highest BCUT2D eigenvalue weighted by Gasteiger charge is 2.37. The number of hydrogen-bond donors (Lipinski definition) is 0. The van der Waals surface area contributed by atoms with Gasteiger partial charge in [0, 0.05) is 11.6 Å². The van der Waals surface area contributed by atoms with Crippen LogP contribution in [0.2, 0.25) is 5.15 Å². The molecule has 0 aliphatic carbocycles. The van der Waals surface area contributed by atoms with E-state index in [2.05, 4.69) is 10.2 Å². The number of nitrogens with zero attached hydrogens (tertiary/aromatic N) is 2. The van der Waals surface area contributed by atoms with E-state index in [0.29, 0.717) is 11.3 Å². The van der Waals surface area contributed by atoms with Gasteiger partial charge in [-0.05, 0) is 12.1 Å². The highest BCUT2D eigenvalue weighted by Crippen LogP contribution is 2.38. The molecule has 0 spiro atoms. The minimum atomic E-state index is -1.20. The first-order valence-corrected chi connectivity index (χ1v) is 7.25. The summed E-state index contributed by atoms with van der Waals surface area (Å²) >= 11 is 17.7. The lowest BCUT2D eigenvalue weighted by Crippen LogP contribution is -2.33. The Morgan fingerprint density at radius 2 is 2.19 bits per heavy atom. The Bertz CT molecular complexity index is 595. The van der Waals surface area contributed by atoms with Crippen molar-refractivity contribution in [3.63, 3.8) is 0 Å². The van der Waals surface area contributed by atoms with Gasteiger partial charge in [-0.1, -0.05) is 18.5 Å². The van der Waals surface area contributed by atoms with Gasteiger partial charge >= 0.3 is 0 Å². The largest absolute Gasteiger partial charge is 0.468 e. The molecule has 114 valence electrons. The summed E-state index contributed by atoms with van der Waals surface area (Å²) in [5.74, 6) is 0.800. The predicted molar refractivity (Wildman–Crippen MR) is 78.9 cm³/mol. The third-order valence-electron chi connectivity index (χ3n) is 3.04. The van der Waals surface area contributed by atoms with Crippen LogP contribution in [0.3, 0.4) is 0 Å². The Balaban J connectivity index is 2.24. The summed E-state index contributed by atoms with van der Waals surface area (Å²) in [4.78, 5) is -0.998. The fraction of sp³-hybridized carbons (Fsp3) is 0.385. The third kappa shape index (κ3) is 3.59. The van der Waals surface area contributed by atoms with Crippen molar-refractivity contribution in [2.75, 3.05) is 6.67 Å². The number of alkyl halides is 3. The standard InChI is InChI=1S/C13H12Cl3FN2O2/c1-13(7-17,12(15)16)9-5-10(18-19-11(9)14)21-6-8-3-2-4-20-8/h2-5,12H,6-7H2,1H3. The van der Waals surface area contributed by atoms with E-state index in [1.807, 2.05) is 0 Å². The molecular formula is C13H12Cl3FN2O2. The maximum atomic E-state index is 13.4. The van der Waals surface area contributed by atoms with E-state index in [9.17, 15) is 4.39 Å². The first kappa shape index (κ1) is 16.3. The second-order valence-electron chi connectivity index (χ2n) is 4.61. The minimum absolute atomic E-state index is 0.0341. The summed E-state index contributed by atoms with van der Waals surface area (Å²) in [6.07, 6.45) is 1.53. The molecule has 21 heavy (non-hydrogen) atoms. The van der Waals surface area contributed by atoms with Crippen LogP contribution in [0.4, 0.5) is 4.39 Å². The van der Waals surface area contributed by atoms with Crippen LogP contribution in [-0.4, -0.2) is 21.7 Å². The topological polar surface area (TPSA) is 48.2 Å². The average Bonchev–Trinajstić information content (AvgIpc) is 2.98. The number of aromatic nitrogens is 2. The van der Waals surface area contributed by atoms with Crippen LogP contribution in [0.1, 0.15) is 18.2 Å². The van der Waals surface area contributed by atoms with Gasteiger partial charge in [0.25, 0.3) is 0 Å². The van der Waals surface area contributed by atoms with Crippen LogP contribution >= 0.6 is 34.8 Å². The quantitative estimate of drug-likeness (QED) is 0.725. The molecular weight excluding hydrogens is 342 g/mol. The van der Waals surface area contributed by atoms with Gasteiger partial charge in [0.05, 0.1) is 11.7 Å². The minimum Gasteiger partial charge on any atom is -0.468 e. The van der Waals surface area contributed by atoms with Crippen molar-refractivity contribution in [1.82, 2.24) is 10.2 Å². The van der Waals surface area contributed by atoms with Gasteiger partial charge in [-0.2, -0.15) is 0 Å². The number of halogens is 4. The Labute approximate surface area is 136 Å². The lowest BCUT2D eigenvalue weighted by atomic mass is 9.87. The molecule has 2 heterocycles. The van der Waals surface area contributed by atoms with E-state index in [-0.39, 0.29) is 17.6 Å². The Morgan fingerprint density at radius 3 is 2.76 bits per heavy atom. The average molecular weight is 354 g/mol. The molecule has 1 atom stereocenters. The maximum absolute atomic E-state index is 13.4. The Morgan fingerprint density at radius 1 is 1.43 bits per heavy atom. The van der Waals surface area contributed by atoms with E-state index in [4.69, 9.17) is 44.0 Å². The molecule has 0 radical (unpaired) electrons. The summed E-state index contributed by atoms with van der Waals surface area (Å²) in [5.41, 5.74) is -0.857. The van der Waals surface area contributed by atoms with Gasteiger partial charge in [-0.3, -0.25) is 4.39 Å². The number of furan rings is 1. The molecule has 0 fully saturated rings. The van der Waals surface area contributed by atoms with Gasteiger partial charge in [-0.15, -0.1) is 33.4 Å². The Kier molecular flexibility index (Phi) is 5.30. The number of rotatable bonds is 6. The molecule has 2 aromatic rings. The molecule has 0 bridgehead atoms. The molecule has 0 aliphatic heterocycles. The van der Waals surface area contributed by atoms with Crippen molar-refractivity contribution in [2.45, 2.75) is 23.8 Å². The predicted octanol–water partition coefficient (Wildman–Crippen LogP) is 4.33. The van der Waals surface area contributed by atoms with Crippen molar-refractivity contribution in [2.24, 2.45) is 0 Å². The molecule has 0 aliphatic rings. The highest BCUT2D eigenvalue weighted by atomic mass is 35.5. The van der Waals surface area contributed by atoms with Crippen molar-refractivity contribution in [3.05, 3.63) is 40.9 Å². The zero-order valence-electron chi connectivity index (χ0n) is 11.0. The highest BCUT2D eigenvalue weighted by molar-refractivity contribution is 6.45. The van der Waals surface area contributed by atoms with Crippen LogP contribution in [0.25, 0.3) is 0 Å². The monoisotopic (exact) mass is 352 g/mol. The zero-order chi connectivity index (χ0) is 15.5. The van der Waals surface area contributed by atoms with Gasteiger partial charge in [0.2, 0.25) is 5.88 Å². The maximum Gasteiger partial charge on any atom is 0.234 e. The molecule has 0 N–H and O–H groups in total. The summed E-state index contributed by atoms with van der Waals surface area (Å²) in [5, 5.41) is 7.58. The van der Waals surface area contributed by atoms with Gasteiger partial charge in [0.15, 0.2) is 5.15 Å². The second kappa shape index (κ2) is 6.81. The van der Waals surface area contributed by atoms with Gasteiger partial charge < -0.3 is 9.15 Å². The van der Waals surface area contributed by atoms with Crippen molar-refractivity contribution >= 4 is 34.8 Å². The van der Waals surface area contributed by atoms with Crippen LogP contribution in [-0.2, 0) is 12.0 Å². The van der Waals surface area contributed by atoms with E-state index in [1.165, 1.54) is 12.3 Å². The normalized spacial score (nSPS) is 14.2.